The highest BCUT2D eigenvalue weighted by atomic mass is 16.2. The molecule has 2 aromatic carbocycles. The second kappa shape index (κ2) is 7.97. The molecule has 0 unspecified atom stereocenters. The van der Waals surface area contributed by atoms with Crippen LogP contribution in [-0.2, 0) is 6.54 Å². The fraction of sp³-hybridized carbons (Fsp3) is 0.333. The predicted octanol–water partition coefficient (Wildman–Crippen LogP) is 3.63. The predicted molar refractivity (Wildman–Crippen MR) is 98.4 cm³/mol. The fourth-order valence-corrected chi connectivity index (χ4v) is 3.25. The molecular formula is C21H24N2O2. The van der Waals surface area contributed by atoms with E-state index in [4.69, 9.17) is 0 Å². The Morgan fingerprint density at radius 3 is 2.20 bits per heavy atom. The van der Waals surface area contributed by atoms with Gasteiger partial charge in [0.05, 0.1) is 0 Å². The van der Waals surface area contributed by atoms with E-state index in [1.165, 1.54) is 12.8 Å². The second-order valence-electron chi connectivity index (χ2n) is 6.68. The molecule has 2 aromatic rings. The molecule has 1 saturated carbocycles. The molecule has 3 rings (SSSR count). The van der Waals surface area contributed by atoms with Crippen molar-refractivity contribution in [2.45, 2.75) is 38.3 Å². The van der Waals surface area contributed by atoms with Crippen molar-refractivity contribution in [3.05, 3.63) is 71.3 Å². The van der Waals surface area contributed by atoms with Gasteiger partial charge in [-0.1, -0.05) is 43.2 Å². The van der Waals surface area contributed by atoms with Gasteiger partial charge in [0.25, 0.3) is 11.8 Å². The van der Waals surface area contributed by atoms with E-state index >= 15 is 0 Å². The maximum atomic E-state index is 12.5. The summed E-state index contributed by atoms with van der Waals surface area (Å²) in [6, 6.07) is 17.1. The van der Waals surface area contributed by atoms with Gasteiger partial charge in [0.1, 0.15) is 0 Å². The molecule has 4 nitrogen and oxygen atoms in total. The molecule has 0 spiro atoms. The Balaban J connectivity index is 1.60. The summed E-state index contributed by atoms with van der Waals surface area (Å²) in [7, 11) is 1.79. The van der Waals surface area contributed by atoms with Crippen molar-refractivity contribution < 1.29 is 9.59 Å². The Morgan fingerprint density at radius 1 is 0.960 bits per heavy atom. The third kappa shape index (κ3) is 4.47. The van der Waals surface area contributed by atoms with Gasteiger partial charge >= 0.3 is 0 Å². The molecule has 1 aliphatic rings. The molecule has 0 radical (unpaired) electrons. The lowest BCUT2D eigenvalue weighted by molar-refractivity contribution is 0.0784. The number of hydrogen-bond acceptors (Lipinski definition) is 2. The van der Waals surface area contributed by atoms with E-state index < -0.39 is 0 Å². The second-order valence-corrected chi connectivity index (χ2v) is 6.68. The summed E-state index contributed by atoms with van der Waals surface area (Å²) in [5, 5.41) is 3.06. The van der Waals surface area contributed by atoms with Gasteiger partial charge in [0.2, 0.25) is 0 Å². The van der Waals surface area contributed by atoms with Crippen molar-refractivity contribution in [1.82, 2.24) is 10.2 Å². The number of carbonyl (C=O) groups is 2. The van der Waals surface area contributed by atoms with E-state index in [0.29, 0.717) is 23.7 Å². The first-order valence-electron chi connectivity index (χ1n) is 8.84. The lowest BCUT2D eigenvalue weighted by Gasteiger charge is -2.17. The smallest absolute Gasteiger partial charge is 0.253 e. The molecule has 0 saturated heterocycles. The highest BCUT2D eigenvalue weighted by Crippen LogP contribution is 2.18. The summed E-state index contributed by atoms with van der Waals surface area (Å²) in [4.78, 5) is 26.5. The van der Waals surface area contributed by atoms with Gasteiger partial charge < -0.3 is 10.2 Å². The third-order valence-corrected chi connectivity index (χ3v) is 4.69. The first-order chi connectivity index (χ1) is 12.1. The van der Waals surface area contributed by atoms with Gasteiger partial charge in [0.15, 0.2) is 0 Å². The van der Waals surface area contributed by atoms with Crippen LogP contribution < -0.4 is 5.32 Å². The van der Waals surface area contributed by atoms with Gasteiger partial charge in [0, 0.05) is 30.8 Å². The number of carbonyl (C=O) groups excluding carboxylic acids is 2. The van der Waals surface area contributed by atoms with Crippen LogP contribution in [0.4, 0.5) is 0 Å². The summed E-state index contributed by atoms with van der Waals surface area (Å²) in [6.07, 6.45) is 4.50. The zero-order valence-electron chi connectivity index (χ0n) is 14.6. The van der Waals surface area contributed by atoms with E-state index in [9.17, 15) is 9.59 Å². The topological polar surface area (TPSA) is 49.4 Å². The molecule has 2 amide bonds. The third-order valence-electron chi connectivity index (χ3n) is 4.69. The van der Waals surface area contributed by atoms with Crippen molar-refractivity contribution in [1.29, 1.82) is 0 Å². The Morgan fingerprint density at radius 2 is 1.56 bits per heavy atom. The summed E-state index contributed by atoms with van der Waals surface area (Å²) in [6.45, 7) is 0.559. The summed E-state index contributed by atoms with van der Waals surface area (Å²) in [5.74, 6) is -0.102. The van der Waals surface area contributed by atoms with Crippen LogP contribution in [0, 0.1) is 0 Å². The van der Waals surface area contributed by atoms with E-state index in [-0.39, 0.29) is 11.8 Å². The van der Waals surface area contributed by atoms with Crippen LogP contribution in [0.15, 0.2) is 54.6 Å². The Labute approximate surface area is 148 Å². The minimum absolute atomic E-state index is 0.0494. The number of amides is 2. The maximum absolute atomic E-state index is 12.5. The van der Waals surface area contributed by atoms with Crippen LogP contribution in [-0.4, -0.2) is 29.8 Å². The van der Waals surface area contributed by atoms with Crippen molar-refractivity contribution in [3.8, 4) is 0 Å². The number of nitrogens with one attached hydrogen (secondary N) is 1. The molecule has 0 atom stereocenters. The van der Waals surface area contributed by atoms with Crippen molar-refractivity contribution in [3.63, 3.8) is 0 Å². The van der Waals surface area contributed by atoms with Crippen LogP contribution in [0.3, 0.4) is 0 Å². The van der Waals surface area contributed by atoms with E-state index in [0.717, 1.165) is 18.4 Å². The van der Waals surface area contributed by atoms with Crippen LogP contribution in [0.1, 0.15) is 52.0 Å². The van der Waals surface area contributed by atoms with Crippen molar-refractivity contribution in [2.24, 2.45) is 0 Å². The molecule has 1 aliphatic carbocycles. The molecule has 0 aromatic heterocycles. The normalized spacial score (nSPS) is 14.3. The van der Waals surface area contributed by atoms with Crippen LogP contribution in [0.5, 0.6) is 0 Å². The zero-order chi connectivity index (χ0) is 17.6. The molecule has 130 valence electrons. The minimum atomic E-state index is -0.0523. The van der Waals surface area contributed by atoms with Crippen LogP contribution >= 0.6 is 0 Å². The van der Waals surface area contributed by atoms with Crippen molar-refractivity contribution in [2.75, 3.05) is 7.05 Å². The van der Waals surface area contributed by atoms with Gasteiger partial charge in [-0.3, -0.25) is 9.59 Å². The standard InChI is InChI=1S/C21H24N2O2/c1-23(15-16-7-3-2-4-8-16)21(25)18-13-11-17(12-14-18)20(24)22-19-9-5-6-10-19/h2-4,7-8,11-14,19H,5-6,9-10,15H2,1H3,(H,22,24). The maximum Gasteiger partial charge on any atom is 0.253 e. The van der Waals surface area contributed by atoms with Crippen LogP contribution in [0.2, 0.25) is 0 Å². The Bertz CT molecular complexity index is 719. The van der Waals surface area contributed by atoms with Crippen LogP contribution in [0.25, 0.3) is 0 Å². The molecule has 25 heavy (non-hydrogen) atoms. The highest BCUT2D eigenvalue weighted by Gasteiger charge is 2.18. The highest BCUT2D eigenvalue weighted by molar-refractivity contribution is 5.97. The fourth-order valence-electron chi connectivity index (χ4n) is 3.25. The molecule has 0 aliphatic heterocycles. The monoisotopic (exact) mass is 336 g/mol. The summed E-state index contributed by atoms with van der Waals surface area (Å²) < 4.78 is 0. The molecule has 1 fully saturated rings. The average molecular weight is 336 g/mol. The van der Waals surface area contributed by atoms with Crippen molar-refractivity contribution >= 4 is 11.8 Å². The van der Waals surface area contributed by atoms with Gasteiger partial charge in [-0.15, -0.1) is 0 Å². The Hall–Kier alpha value is -2.62. The number of rotatable bonds is 5. The van der Waals surface area contributed by atoms with E-state index in [2.05, 4.69) is 5.32 Å². The SMILES string of the molecule is CN(Cc1ccccc1)C(=O)c1ccc(C(=O)NC2CCCC2)cc1. The minimum Gasteiger partial charge on any atom is -0.349 e. The van der Waals surface area contributed by atoms with E-state index in [1.54, 1.807) is 36.2 Å². The lowest BCUT2D eigenvalue weighted by atomic mass is 10.1. The van der Waals surface area contributed by atoms with Gasteiger partial charge in [-0.05, 0) is 42.7 Å². The Kier molecular flexibility index (Phi) is 5.49. The lowest BCUT2D eigenvalue weighted by Crippen LogP contribution is -2.32. The summed E-state index contributed by atoms with van der Waals surface area (Å²) in [5.41, 5.74) is 2.29. The largest absolute Gasteiger partial charge is 0.349 e. The zero-order valence-corrected chi connectivity index (χ0v) is 14.6. The van der Waals surface area contributed by atoms with E-state index in [1.807, 2.05) is 30.3 Å². The molecule has 0 heterocycles. The average Bonchev–Trinajstić information content (AvgIpc) is 3.15. The summed E-state index contributed by atoms with van der Waals surface area (Å²) >= 11 is 0. The first-order valence-corrected chi connectivity index (χ1v) is 8.84. The van der Waals surface area contributed by atoms with Gasteiger partial charge in [-0.25, -0.2) is 0 Å². The number of nitrogens with zero attached hydrogens (tertiary/aromatic N) is 1. The molecule has 0 bridgehead atoms. The molecular weight excluding hydrogens is 312 g/mol. The first kappa shape index (κ1) is 17.2. The van der Waals surface area contributed by atoms with Gasteiger partial charge in [-0.2, -0.15) is 0 Å². The molecule has 1 N–H and O–H groups in total. The number of benzene rings is 2. The molecule has 4 heteroatoms. The quantitative estimate of drug-likeness (QED) is 0.906. The number of hydrogen-bond donors (Lipinski definition) is 1.